The van der Waals surface area contributed by atoms with Crippen LogP contribution in [0, 0.1) is 5.82 Å². The summed E-state index contributed by atoms with van der Waals surface area (Å²) in [6.07, 6.45) is -3.22. The average Bonchev–Trinajstić information content (AvgIpc) is 2.37. The molecule has 1 aliphatic heterocycles. The van der Waals surface area contributed by atoms with Gasteiger partial charge in [-0.3, -0.25) is 0 Å². The van der Waals surface area contributed by atoms with Gasteiger partial charge in [-0.2, -0.15) is 13.2 Å². The molecule has 0 amide bonds. The van der Waals surface area contributed by atoms with Crippen molar-refractivity contribution in [1.29, 1.82) is 0 Å². The number of hydrogen-bond acceptors (Lipinski definition) is 2. The van der Waals surface area contributed by atoms with Gasteiger partial charge < -0.3 is 10.6 Å². The first-order valence-electron chi connectivity index (χ1n) is 5.92. The van der Waals surface area contributed by atoms with Crippen LogP contribution in [0.15, 0.2) is 29.8 Å². The van der Waals surface area contributed by atoms with Gasteiger partial charge >= 0.3 is 6.18 Å². The number of rotatable bonds is 2. The van der Waals surface area contributed by atoms with Crippen LogP contribution in [0.2, 0.25) is 0 Å². The minimum absolute atomic E-state index is 0.0222. The molecular formula is C13H14F4N2. The Labute approximate surface area is 108 Å². The first-order valence-corrected chi connectivity index (χ1v) is 5.92. The molecule has 2 rings (SSSR count). The van der Waals surface area contributed by atoms with Gasteiger partial charge in [-0.1, -0.05) is 12.1 Å². The van der Waals surface area contributed by atoms with Crippen LogP contribution in [0.5, 0.6) is 0 Å². The minimum Gasteiger partial charge on any atom is -0.367 e. The Kier molecular flexibility index (Phi) is 3.80. The molecule has 0 radical (unpaired) electrons. The first-order chi connectivity index (χ1) is 8.93. The van der Waals surface area contributed by atoms with Crippen molar-refractivity contribution in [2.45, 2.75) is 19.1 Å². The summed E-state index contributed by atoms with van der Waals surface area (Å²) in [5, 5.41) is 0. The van der Waals surface area contributed by atoms with E-state index in [1.54, 1.807) is 11.0 Å². The first kappa shape index (κ1) is 13.9. The summed E-state index contributed by atoms with van der Waals surface area (Å²) in [5.41, 5.74) is 5.88. The molecule has 0 saturated carbocycles. The second-order valence-electron chi connectivity index (χ2n) is 4.36. The van der Waals surface area contributed by atoms with Crippen molar-refractivity contribution >= 4 is 5.69 Å². The Morgan fingerprint density at radius 1 is 1.26 bits per heavy atom. The lowest BCUT2D eigenvalue weighted by molar-refractivity contribution is -0.0943. The highest BCUT2D eigenvalue weighted by atomic mass is 19.4. The molecule has 1 heterocycles. The van der Waals surface area contributed by atoms with Gasteiger partial charge in [0, 0.05) is 36.5 Å². The maximum Gasteiger partial charge on any atom is 0.412 e. The lowest BCUT2D eigenvalue weighted by Gasteiger charge is -2.30. The predicted octanol–water partition coefficient (Wildman–Crippen LogP) is 2.98. The highest BCUT2D eigenvalue weighted by Crippen LogP contribution is 2.32. The van der Waals surface area contributed by atoms with Gasteiger partial charge in [-0.15, -0.1) is 0 Å². The summed E-state index contributed by atoms with van der Waals surface area (Å²) in [6.45, 7) is 0.349. The Balaban J connectivity index is 2.23. The number of nitrogens with two attached hydrogens (primary N) is 1. The second-order valence-corrected chi connectivity index (χ2v) is 4.36. The molecule has 1 aromatic carbocycles. The van der Waals surface area contributed by atoms with E-state index in [0.717, 1.165) is 6.08 Å². The second kappa shape index (κ2) is 5.21. The molecule has 2 nitrogen and oxygen atoms in total. The smallest absolute Gasteiger partial charge is 0.367 e. The highest BCUT2D eigenvalue weighted by molar-refractivity contribution is 5.55. The quantitative estimate of drug-likeness (QED) is 0.663. The minimum atomic E-state index is -4.27. The van der Waals surface area contributed by atoms with Gasteiger partial charge in [-0.05, 0) is 18.6 Å². The van der Waals surface area contributed by atoms with Crippen molar-refractivity contribution in [2.24, 2.45) is 5.73 Å². The fourth-order valence-corrected chi connectivity index (χ4v) is 2.19. The highest BCUT2D eigenvalue weighted by Gasteiger charge is 2.35. The molecule has 0 saturated heterocycles. The van der Waals surface area contributed by atoms with E-state index in [4.69, 9.17) is 5.73 Å². The zero-order chi connectivity index (χ0) is 14.0. The van der Waals surface area contributed by atoms with Crippen LogP contribution < -0.4 is 10.6 Å². The van der Waals surface area contributed by atoms with Crippen molar-refractivity contribution in [3.8, 4) is 0 Å². The molecule has 1 aromatic rings. The van der Waals surface area contributed by atoms with Crippen molar-refractivity contribution in [2.75, 3.05) is 18.0 Å². The molecule has 0 atom stereocenters. The van der Waals surface area contributed by atoms with E-state index >= 15 is 0 Å². The summed E-state index contributed by atoms with van der Waals surface area (Å²) >= 11 is 0. The van der Waals surface area contributed by atoms with Gasteiger partial charge in [0.2, 0.25) is 0 Å². The van der Waals surface area contributed by atoms with Crippen molar-refractivity contribution < 1.29 is 17.6 Å². The van der Waals surface area contributed by atoms with E-state index in [0.29, 0.717) is 11.3 Å². The monoisotopic (exact) mass is 274 g/mol. The maximum absolute atomic E-state index is 13.6. The number of anilines is 1. The Bertz CT molecular complexity index is 494. The van der Waals surface area contributed by atoms with E-state index in [1.165, 1.54) is 12.1 Å². The summed E-state index contributed by atoms with van der Waals surface area (Å²) < 4.78 is 51.1. The van der Waals surface area contributed by atoms with Gasteiger partial charge in [-0.25, -0.2) is 4.39 Å². The van der Waals surface area contributed by atoms with Gasteiger partial charge in [0.25, 0.3) is 0 Å². The normalized spacial score (nSPS) is 16.5. The maximum atomic E-state index is 13.6. The third kappa shape index (κ3) is 2.89. The van der Waals surface area contributed by atoms with Crippen molar-refractivity contribution in [1.82, 2.24) is 0 Å². The topological polar surface area (TPSA) is 29.3 Å². The fourth-order valence-electron chi connectivity index (χ4n) is 2.19. The zero-order valence-corrected chi connectivity index (χ0v) is 10.2. The molecule has 0 bridgehead atoms. The molecule has 2 N–H and O–H groups in total. The number of benzene rings is 1. The van der Waals surface area contributed by atoms with Gasteiger partial charge in [0.15, 0.2) is 0 Å². The molecular weight excluding hydrogens is 260 g/mol. The van der Waals surface area contributed by atoms with Crippen LogP contribution in [-0.2, 0) is 6.54 Å². The molecule has 0 aromatic heterocycles. The summed E-state index contributed by atoms with van der Waals surface area (Å²) in [6, 6.07) is 4.51. The van der Waals surface area contributed by atoms with Crippen LogP contribution in [0.1, 0.15) is 12.0 Å². The van der Waals surface area contributed by atoms with Crippen LogP contribution in [0.3, 0.4) is 0 Å². The molecule has 6 heteroatoms. The standard InChI is InChI=1S/C13H14F4N2/c14-11-2-1-3-12(10(11)8-18)19-6-4-9(5-7-19)13(15,16)17/h1-4H,5-8,18H2. The van der Waals surface area contributed by atoms with Gasteiger partial charge in [0.1, 0.15) is 5.82 Å². The lowest BCUT2D eigenvalue weighted by Crippen LogP contribution is -2.32. The van der Waals surface area contributed by atoms with Crippen LogP contribution in [0.25, 0.3) is 0 Å². The summed E-state index contributed by atoms with van der Waals surface area (Å²) in [5.74, 6) is -0.425. The van der Waals surface area contributed by atoms with Crippen LogP contribution >= 0.6 is 0 Å². The van der Waals surface area contributed by atoms with E-state index in [-0.39, 0.29) is 26.1 Å². The molecule has 104 valence electrons. The third-order valence-electron chi connectivity index (χ3n) is 3.21. The largest absolute Gasteiger partial charge is 0.412 e. The number of nitrogens with zero attached hydrogens (tertiary/aromatic N) is 1. The van der Waals surface area contributed by atoms with E-state index in [9.17, 15) is 17.6 Å². The van der Waals surface area contributed by atoms with Gasteiger partial charge in [0.05, 0.1) is 0 Å². The Morgan fingerprint density at radius 2 is 2.00 bits per heavy atom. The van der Waals surface area contributed by atoms with E-state index in [2.05, 4.69) is 0 Å². The number of halogens is 4. The summed E-state index contributed by atoms with van der Waals surface area (Å²) in [4.78, 5) is 1.71. The molecule has 0 aliphatic carbocycles. The predicted molar refractivity (Wildman–Crippen MR) is 65.3 cm³/mol. The molecule has 0 unspecified atom stereocenters. The number of hydrogen-bond donors (Lipinski definition) is 1. The van der Waals surface area contributed by atoms with Crippen molar-refractivity contribution in [3.63, 3.8) is 0 Å². The van der Waals surface area contributed by atoms with Crippen LogP contribution in [0.4, 0.5) is 23.2 Å². The summed E-state index contributed by atoms with van der Waals surface area (Å²) in [7, 11) is 0. The Hall–Kier alpha value is -1.56. The fraction of sp³-hybridized carbons (Fsp3) is 0.385. The SMILES string of the molecule is NCc1c(F)cccc1N1CC=C(C(F)(F)F)CC1. The lowest BCUT2D eigenvalue weighted by atomic mass is 10.1. The molecule has 19 heavy (non-hydrogen) atoms. The molecule has 1 aliphatic rings. The molecule has 0 spiro atoms. The van der Waals surface area contributed by atoms with Crippen molar-refractivity contribution in [3.05, 3.63) is 41.2 Å². The van der Waals surface area contributed by atoms with E-state index < -0.39 is 17.6 Å². The van der Waals surface area contributed by atoms with Crippen LogP contribution in [-0.4, -0.2) is 19.3 Å². The zero-order valence-electron chi connectivity index (χ0n) is 10.2. The Morgan fingerprint density at radius 3 is 2.53 bits per heavy atom. The molecule has 0 fully saturated rings. The average molecular weight is 274 g/mol. The third-order valence-corrected chi connectivity index (χ3v) is 3.21. The van der Waals surface area contributed by atoms with E-state index in [1.807, 2.05) is 0 Å². The number of alkyl halides is 3.